The summed E-state index contributed by atoms with van der Waals surface area (Å²) >= 11 is 0. The number of aliphatic imine (C=N–C) groups is 1. The maximum absolute atomic E-state index is 12.1. The molecule has 1 aliphatic rings. The zero-order chi connectivity index (χ0) is 29.3. The smallest absolute Gasteiger partial charge is 0.395 e. The zero-order valence-corrected chi connectivity index (χ0v) is 24.2. The maximum atomic E-state index is 12.1. The van der Waals surface area contributed by atoms with Crippen LogP contribution in [0.4, 0.5) is 13.2 Å². The van der Waals surface area contributed by atoms with Gasteiger partial charge in [-0.05, 0) is 83.2 Å². The van der Waals surface area contributed by atoms with Gasteiger partial charge in [0.1, 0.15) is 5.75 Å². The number of hydrogen-bond acceptors (Lipinski definition) is 2. The fourth-order valence-electron chi connectivity index (χ4n) is 3.01. The van der Waals surface area contributed by atoms with Crippen LogP contribution in [0.2, 0.25) is 0 Å². The summed E-state index contributed by atoms with van der Waals surface area (Å²) in [5.74, 6) is -1.22. The van der Waals surface area contributed by atoms with E-state index in [4.69, 9.17) is 4.99 Å². The Labute approximate surface area is 228 Å². The summed E-state index contributed by atoms with van der Waals surface area (Å²) in [5.41, 5.74) is 6.83. The molecule has 0 bridgehead atoms. The molecule has 0 amide bonds. The van der Waals surface area contributed by atoms with Gasteiger partial charge in [0, 0.05) is 11.3 Å². The van der Waals surface area contributed by atoms with Gasteiger partial charge in [0.15, 0.2) is 0 Å². The molecule has 1 fully saturated rings. The largest absolute Gasteiger partial charge is 0.508 e. The van der Waals surface area contributed by atoms with Crippen molar-refractivity contribution < 1.29 is 18.3 Å². The molecule has 2 nitrogen and oxygen atoms in total. The molecule has 1 N–H and O–H groups in total. The van der Waals surface area contributed by atoms with Crippen molar-refractivity contribution in [3.63, 3.8) is 0 Å². The van der Waals surface area contributed by atoms with Crippen LogP contribution >= 0.6 is 0 Å². The predicted molar refractivity (Wildman–Crippen MR) is 159 cm³/mol. The number of alkyl halides is 3. The van der Waals surface area contributed by atoms with Gasteiger partial charge >= 0.3 is 6.18 Å². The third kappa shape index (κ3) is 13.3. The molecule has 0 aliphatic heterocycles. The number of nitrogens with zero attached hydrogens (tertiary/aromatic N) is 1. The summed E-state index contributed by atoms with van der Waals surface area (Å²) in [4.78, 5) is 4.88. The lowest BCUT2D eigenvalue weighted by Gasteiger charge is -2.15. The Kier molecular flexibility index (Phi) is 16.4. The van der Waals surface area contributed by atoms with Gasteiger partial charge in [-0.15, -0.1) is 0 Å². The lowest BCUT2D eigenvalue weighted by atomic mass is 10.0. The molecule has 0 saturated heterocycles. The van der Waals surface area contributed by atoms with Crippen molar-refractivity contribution in [2.45, 2.75) is 74.4 Å². The molecule has 1 atom stereocenters. The van der Waals surface area contributed by atoms with E-state index < -0.39 is 12.1 Å². The number of allylic oxidation sites excluding steroid dienone is 12. The Balaban J connectivity index is 0.000000780. The van der Waals surface area contributed by atoms with Crippen LogP contribution in [0.15, 0.2) is 107 Å². The highest BCUT2D eigenvalue weighted by Gasteiger charge is 2.36. The van der Waals surface area contributed by atoms with Crippen LogP contribution < -0.4 is 0 Å². The van der Waals surface area contributed by atoms with E-state index in [9.17, 15) is 18.3 Å². The summed E-state index contributed by atoms with van der Waals surface area (Å²) in [7, 11) is 0. The molecule has 5 heteroatoms. The van der Waals surface area contributed by atoms with Crippen LogP contribution in [0, 0.1) is 5.92 Å². The molecule has 1 saturated carbocycles. The van der Waals surface area contributed by atoms with E-state index in [1.807, 2.05) is 51.1 Å². The van der Waals surface area contributed by atoms with Crippen LogP contribution in [-0.2, 0) is 0 Å². The molecule has 0 aromatic heterocycles. The average molecular weight is 528 g/mol. The summed E-state index contributed by atoms with van der Waals surface area (Å²) in [6, 6.07) is 7.28. The van der Waals surface area contributed by atoms with Crippen molar-refractivity contribution in [3.05, 3.63) is 107 Å². The van der Waals surface area contributed by atoms with E-state index in [2.05, 4.69) is 33.4 Å². The Bertz CT molecular complexity index is 1100. The molecule has 2 rings (SSSR count). The molecule has 1 aromatic rings. The van der Waals surface area contributed by atoms with Crippen molar-refractivity contribution in [1.29, 1.82) is 0 Å². The molecule has 1 unspecified atom stereocenters. The van der Waals surface area contributed by atoms with Gasteiger partial charge in [-0.25, -0.2) is 0 Å². The molecule has 1 aromatic carbocycles. The normalized spacial score (nSPS) is 15.2. The molecule has 0 radical (unpaired) electrons. The lowest BCUT2D eigenvalue weighted by Crippen LogP contribution is -2.20. The number of phenolic OH excluding ortho intramolecular Hbond substituents is 1. The Morgan fingerprint density at radius 1 is 0.974 bits per heavy atom. The SMILES string of the molecule is C=C(/C=C\C=C/C)C(C)C(F)(F)F.CC.C\C=C/C=C\C(C)=C(\N=C(C)C(C)=C1CC1)c1cccc(O)c1. The molecular weight excluding hydrogens is 483 g/mol. The lowest BCUT2D eigenvalue weighted by molar-refractivity contribution is -0.158. The van der Waals surface area contributed by atoms with Gasteiger partial charge in [0.2, 0.25) is 0 Å². The fraction of sp³-hybridized carbons (Fsp3) is 0.364. The molecular formula is C33H44F3NO. The number of phenols is 1. The first-order chi connectivity index (χ1) is 17.9. The number of aromatic hydroxyl groups is 1. The van der Waals surface area contributed by atoms with Crippen LogP contribution in [0.3, 0.4) is 0 Å². The third-order valence-corrected chi connectivity index (χ3v) is 5.66. The van der Waals surface area contributed by atoms with Gasteiger partial charge in [0.05, 0.1) is 11.6 Å². The van der Waals surface area contributed by atoms with Gasteiger partial charge in [0.25, 0.3) is 0 Å². The molecule has 0 spiro atoms. The highest BCUT2D eigenvalue weighted by molar-refractivity contribution is 6.02. The van der Waals surface area contributed by atoms with Crippen molar-refractivity contribution >= 4 is 11.4 Å². The van der Waals surface area contributed by atoms with E-state index in [1.165, 1.54) is 30.1 Å². The number of halogens is 3. The van der Waals surface area contributed by atoms with Crippen LogP contribution in [0.1, 0.15) is 73.8 Å². The van der Waals surface area contributed by atoms with E-state index in [0.717, 1.165) is 29.5 Å². The van der Waals surface area contributed by atoms with Crippen LogP contribution in [-0.4, -0.2) is 17.0 Å². The van der Waals surface area contributed by atoms with E-state index in [1.54, 1.807) is 37.3 Å². The Hall–Kier alpha value is -3.34. The number of rotatable bonds is 8. The summed E-state index contributed by atoms with van der Waals surface area (Å²) in [6.07, 6.45) is 12.6. The van der Waals surface area contributed by atoms with Crippen molar-refractivity contribution in [2.75, 3.05) is 0 Å². The Morgan fingerprint density at radius 2 is 1.53 bits per heavy atom. The maximum Gasteiger partial charge on any atom is 0.395 e. The second kappa shape index (κ2) is 18.0. The second-order valence-electron chi connectivity index (χ2n) is 8.62. The minimum absolute atomic E-state index is 0.0746. The zero-order valence-electron chi connectivity index (χ0n) is 24.2. The highest BCUT2D eigenvalue weighted by atomic mass is 19.4. The molecule has 38 heavy (non-hydrogen) atoms. The Morgan fingerprint density at radius 3 is 2.00 bits per heavy atom. The summed E-state index contributed by atoms with van der Waals surface area (Å²) in [5, 5.41) is 9.79. The van der Waals surface area contributed by atoms with Crippen molar-refractivity contribution in [2.24, 2.45) is 10.9 Å². The van der Waals surface area contributed by atoms with Crippen LogP contribution in [0.5, 0.6) is 5.75 Å². The second-order valence-corrected chi connectivity index (χ2v) is 8.62. The minimum Gasteiger partial charge on any atom is -0.508 e. The van der Waals surface area contributed by atoms with Crippen molar-refractivity contribution in [1.82, 2.24) is 0 Å². The molecule has 0 heterocycles. The van der Waals surface area contributed by atoms with Gasteiger partial charge < -0.3 is 5.11 Å². The quantitative estimate of drug-likeness (QED) is 0.265. The standard InChI is InChI=1S/C21H25NO.C10H13F3.C2H6/c1-5-6-7-9-15(2)21(19-10-8-11-20(23)14-19)22-17(4)16(3)18-12-13-18;1-4-5-6-7-8(2)9(3)10(11,12)13;1-2/h5-11,14,23H,12-13H2,1-4H3;4-7,9H,2H2,1,3H3;1-2H3/b6-5-,9-7-,21-15+,22-17?;5-4-,7-6-;. The monoisotopic (exact) mass is 527 g/mol. The predicted octanol–water partition coefficient (Wildman–Crippen LogP) is 10.7. The minimum atomic E-state index is -4.20. The topological polar surface area (TPSA) is 32.6 Å². The third-order valence-electron chi connectivity index (χ3n) is 5.66. The molecule has 208 valence electrons. The van der Waals surface area contributed by atoms with E-state index >= 15 is 0 Å². The first-order valence-corrected chi connectivity index (χ1v) is 13.0. The summed E-state index contributed by atoms with van der Waals surface area (Å²) in [6.45, 7) is 18.5. The summed E-state index contributed by atoms with van der Waals surface area (Å²) < 4.78 is 36.3. The van der Waals surface area contributed by atoms with E-state index in [0.29, 0.717) is 0 Å². The first-order valence-electron chi connectivity index (χ1n) is 13.0. The highest BCUT2D eigenvalue weighted by Crippen LogP contribution is 2.33. The van der Waals surface area contributed by atoms with Gasteiger partial charge in [-0.3, -0.25) is 4.99 Å². The fourth-order valence-corrected chi connectivity index (χ4v) is 3.01. The van der Waals surface area contributed by atoms with E-state index in [-0.39, 0.29) is 11.3 Å². The number of benzene rings is 1. The average Bonchev–Trinajstić information content (AvgIpc) is 3.73. The number of hydrogen-bond donors (Lipinski definition) is 1. The van der Waals surface area contributed by atoms with Gasteiger partial charge in [-0.1, -0.05) is 86.7 Å². The van der Waals surface area contributed by atoms with Gasteiger partial charge in [-0.2, -0.15) is 13.2 Å². The molecule has 1 aliphatic carbocycles. The van der Waals surface area contributed by atoms with Crippen molar-refractivity contribution in [3.8, 4) is 5.75 Å². The first kappa shape index (κ1) is 34.7. The van der Waals surface area contributed by atoms with Crippen LogP contribution in [0.25, 0.3) is 5.70 Å².